The van der Waals surface area contributed by atoms with Crippen molar-refractivity contribution in [3.05, 3.63) is 88.4 Å². The molecule has 1 aliphatic rings. The first-order chi connectivity index (χ1) is 18.7. The third kappa shape index (κ3) is 7.01. The Labute approximate surface area is 232 Å². The van der Waals surface area contributed by atoms with Gasteiger partial charge in [0.2, 0.25) is 0 Å². The van der Waals surface area contributed by atoms with Crippen LogP contribution in [-0.2, 0) is 24.2 Å². The predicted octanol–water partition coefficient (Wildman–Crippen LogP) is 4.17. The van der Waals surface area contributed by atoms with Gasteiger partial charge in [-0.1, -0.05) is 74.5 Å². The fourth-order valence-corrected chi connectivity index (χ4v) is 5.63. The van der Waals surface area contributed by atoms with Crippen molar-refractivity contribution < 1.29 is 24.6 Å². The quantitative estimate of drug-likeness (QED) is 0.291. The zero-order valence-electron chi connectivity index (χ0n) is 22.0. The number of benzene rings is 2. The topological polar surface area (TPSA) is 123 Å². The Bertz CT molecular complexity index is 1240. The van der Waals surface area contributed by atoms with Crippen LogP contribution in [-0.4, -0.2) is 67.3 Å². The van der Waals surface area contributed by atoms with E-state index in [0.717, 1.165) is 16.0 Å². The lowest BCUT2D eigenvalue weighted by atomic mass is 9.91. The third-order valence-electron chi connectivity index (χ3n) is 7.05. The van der Waals surface area contributed by atoms with Crippen LogP contribution in [0.2, 0.25) is 0 Å². The van der Waals surface area contributed by atoms with Crippen LogP contribution in [0.1, 0.15) is 36.3 Å². The van der Waals surface area contributed by atoms with Gasteiger partial charge < -0.3 is 15.5 Å². The number of hydrogen-bond donors (Lipinski definition) is 3. The molecule has 10 heteroatoms. The normalized spacial score (nSPS) is 17.6. The first kappa shape index (κ1) is 28.3. The number of urea groups is 1. The van der Waals surface area contributed by atoms with Crippen LogP contribution in [0.5, 0.6) is 0 Å². The molecule has 0 unspecified atom stereocenters. The molecular formula is C29H34N4O5S. The highest BCUT2D eigenvalue weighted by atomic mass is 32.1. The Morgan fingerprint density at radius 3 is 2.18 bits per heavy atom. The van der Waals surface area contributed by atoms with Crippen molar-refractivity contribution in [3.8, 4) is 0 Å². The smallest absolute Gasteiger partial charge is 0.407 e. The summed E-state index contributed by atoms with van der Waals surface area (Å²) in [5, 5.41) is 24.7. The van der Waals surface area contributed by atoms with Crippen LogP contribution >= 0.6 is 11.3 Å². The molecule has 9 nitrogen and oxygen atoms in total. The van der Waals surface area contributed by atoms with Gasteiger partial charge in [0, 0.05) is 17.1 Å². The number of nitrogens with one attached hydrogen (secondary N) is 1. The largest absolute Gasteiger partial charge is 0.465 e. The molecule has 0 saturated carbocycles. The number of aromatic nitrogens is 1. The first-order valence-corrected chi connectivity index (χ1v) is 13.9. The maximum atomic E-state index is 13.3. The standard InChI is InChI=1S/C29H34N4O5S/c1-19(2)26-27(35)33(28(36)31-26)22(13-20-9-5-3-6-10-20)15-25(34)24(14-21-11-7-4-8-12-21)32(29(37)38)17-23-16-30-18-39-23/h3-12,16,18-19,22,24-26,34H,13-15,17H2,1-2H3,(H,31,36)(H,37,38)/t22-,24-,25+,26-/m0/s1. The Morgan fingerprint density at radius 1 is 1.05 bits per heavy atom. The number of carboxylic acid groups (broad SMARTS) is 1. The number of thiazole rings is 1. The maximum Gasteiger partial charge on any atom is 0.407 e. The molecule has 206 valence electrons. The number of aliphatic hydroxyl groups excluding tert-OH is 1. The van der Waals surface area contributed by atoms with Gasteiger partial charge >= 0.3 is 12.1 Å². The highest BCUT2D eigenvalue weighted by Gasteiger charge is 2.44. The van der Waals surface area contributed by atoms with Crippen molar-refractivity contribution in [3.63, 3.8) is 0 Å². The molecule has 1 aliphatic heterocycles. The molecule has 0 aliphatic carbocycles. The van der Waals surface area contributed by atoms with Crippen molar-refractivity contribution in [2.45, 2.75) is 63.9 Å². The summed E-state index contributed by atoms with van der Waals surface area (Å²) < 4.78 is 0. The van der Waals surface area contributed by atoms with Gasteiger partial charge in [0.05, 0.1) is 24.2 Å². The number of hydrogen-bond acceptors (Lipinski definition) is 6. The van der Waals surface area contributed by atoms with E-state index in [0.29, 0.717) is 6.42 Å². The molecule has 39 heavy (non-hydrogen) atoms. The van der Waals surface area contributed by atoms with Crippen molar-refractivity contribution in [1.29, 1.82) is 0 Å². The van der Waals surface area contributed by atoms with Gasteiger partial charge in [-0.15, -0.1) is 11.3 Å². The minimum atomic E-state index is -1.17. The van der Waals surface area contributed by atoms with E-state index in [1.54, 1.807) is 11.7 Å². The van der Waals surface area contributed by atoms with Crippen LogP contribution in [0.4, 0.5) is 9.59 Å². The molecule has 4 atom stereocenters. The monoisotopic (exact) mass is 550 g/mol. The van der Waals surface area contributed by atoms with Crippen molar-refractivity contribution >= 4 is 29.4 Å². The number of imide groups is 1. The Hall–Kier alpha value is -3.76. The minimum Gasteiger partial charge on any atom is -0.465 e. The minimum absolute atomic E-state index is 0.0167. The van der Waals surface area contributed by atoms with Crippen LogP contribution < -0.4 is 5.32 Å². The van der Waals surface area contributed by atoms with Gasteiger partial charge in [-0.05, 0) is 36.3 Å². The Balaban J connectivity index is 1.66. The van der Waals surface area contributed by atoms with E-state index in [2.05, 4.69) is 10.3 Å². The molecule has 4 amide bonds. The van der Waals surface area contributed by atoms with E-state index in [-0.39, 0.29) is 31.2 Å². The number of carbonyl (C=O) groups is 3. The lowest BCUT2D eigenvalue weighted by Gasteiger charge is -2.36. The van der Waals surface area contributed by atoms with Gasteiger partial charge in [0.15, 0.2) is 0 Å². The average molecular weight is 551 g/mol. The summed E-state index contributed by atoms with van der Waals surface area (Å²) in [6.45, 7) is 3.80. The van der Waals surface area contributed by atoms with E-state index in [4.69, 9.17) is 0 Å². The van der Waals surface area contributed by atoms with Crippen molar-refractivity contribution in [2.75, 3.05) is 0 Å². The zero-order chi connectivity index (χ0) is 27.9. The number of aliphatic hydroxyl groups is 1. The molecule has 1 saturated heterocycles. The van der Waals surface area contributed by atoms with E-state index in [1.165, 1.54) is 21.1 Å². The summed E-state index contributed by atoms with van der Waals surface area (Å²) in [6, 6.07) is 16.2. The molecule has 1 aromatic heterocycles. The van der Waals surface area contributed by atoms with E-state index in [9.17, 15) is 24.6 Å². The molecule has 3 N–H and O–H groups in total. The van der Waals surface area contributed by atoms with Gasteiger partial charge in [0.1, 0.15) is 6.04 Å². The van der Waals surface area contributed by atoms with Crippen LogP contribution in [0.3, 0.4) is 0 Å². The number of nitrogens with zero attached hydrogens (tertiary/aromatic N) is 3. The molecule has 2 heterocycles. The summed E-state index contributed by atoms with van der Waals surface area (Å²) in [5.41, 5.74) is 3.41. The van der Waals surface area contributed by atoms with E-state index >= 15 is 0 Å². The second kappa shape index (κ2) is 12.9. The summed E-state index contributed by atoms with van der Waals surface area (Å²) in [6.07, 6.45) is -0.103. The van der Waals surface area contributed by atoms with Gasteiger partial charge in [-0.2, -0.15) is 0 Å². The third-order valence-corrected chi connectivity index (χ3v) is 7.81. The molecule has 4 rings (SSSR count). The maximum absolute atomic E-state index is 13.3. The van der Waals surface area contributed by atoms with E-state index in [1.807, 2.05) is 74.5 Å². The Morgan fingerprint density at radius 2 is 1.67 bits per heavy atom. The second-order valence-electron chi connectivity index (χ2n) is 10.2. The SMILES string of the molecule is CC(C)[C@@H]1NC(=O)N([C@@H](Cc2ccccc2)C[C@@H](O)[C@H](Cc2ccccc2)N(Cc2cncs2)C(=O)O)C1=O. The first-order valence-electron chi connectivity index (χ1n) is 13.0. The lowest BCUT2D eigenvalue weighted by molar-refractivity contribution is -0.130. The number of rotatable bonds is 12. The average Bonchev–Trinajstić information content (AvgIpc) is 3.54. The van der Waals surface area contributed by atoms with Crippen molar-refractivity contribution in [1.82, 2.24) is 20.1 Å². The zero-order valence-corrected chi connectivity index (χ0v) is 22.8. The summed E-state index contributed by atoms with van der Waals surface area (Å²) in [7, 11) is 0. The number of carbonyl (C=O) groups excluding carboxylic acids is 2. The summed E-state index contributed by atoms with van der Waals surface area (Å²) >= 11 is 1.34. The van der Waals surface area contributed by atoms with Crippen LogP contribution in [0, 0.1) is 5.92 Å². The molecule has 3 aromatic rings. The van der Waals surface area contributed by atoms with Crippen molar-refractivity contribution in [2.24, 2.45) is 5.92 Å². The van der Waals surface area contributed by atoms with Gasteiger partial charge in [0.25, 0.3) is 5.91 Å². The fourth-order valence-electron chi connectivity index (χ4n) is 5.04. The van der Waals surface area contributed by atoms with Gasteiger partial charge in [-0.25, -0.2) is 9.59 Å². The number of amides is 4. The second-order valence-corrected chi connectivity index (χ2v) is 11.1. The summed E-state index contributed by atoms with van der Waals surface area (Å²) in [4.78, 5) is 46.1. The molecular weight excluding hydrogens is 516 g/mol. The molecule has 2 aromatic carbocycles. The summed E-state index contributed by atoms with van der Waals surface area (Å²) in [5.74, 6) is -0.427. The molecule has 1 fully saturated rings. The lowest BCUT2D eigenvalue weighted by Crippen LogP contribution is -2.51. The fraction of sp³-hybridized carbons (Fsp3) is 0.379. The highest BCUT2D eigenvalue weighted by molar-refractivity contribution is 7.09. The van der Waals surface area contributed by atoms with Crippen LogP contribution in [0.15, 0.2) is 72.4 Å². The highest BCUT2D eigenvalue weighted by Crippen LogP contribution is 2.26. The molecule has 0 bridgehead atoms. The van der Waals surface area contributed by atoms with E-state index < -0.39 is 36.4 Å². The van der Waals surface area contributed by atoms with Crippen LogP contribution in [0.25, 0.3) is 0 Å². The van der Waals surface area contributed by atoms with Gasteiger partial charge in [-0.3, -0.25) is 19.6 Å². The Kier molecular flexibility index (Phi) is 9.32. The predicted molar refractivity (Wildman–Crippen MR) is 148 cm³/mol. The molecule has 0 radical (unpaired) electrons. The molecule has 0 spiro atoms.